The second kappa shape index (κ2) is 5.85. The van der Waals surface area contributed by atoms with E-state index in [4.69, 9.17) is 17.4 Å². The normalized spacial score (nSPS) is 16.1. The molecule has 0 aliphatic heterocycles. The van der Waals surface area contributed by atoms with Crippen molar-refractivity contribution >= 4 is 22.9 Å². The van der Waals surface area contributed by atoms with Gasteiger partial charge < -0.3 is 0 Å². The maximum atomic E-state index is 6.30. The van der Waals surface area contributed by atoms with Crippen molar-refractivity contribution in [3.05, 3.63) is 38.3 Å². The van der Waals surface area contributed by atoms with Gasteiger partial charge in [-0.05, 0) is 44.2 Å². The maximum absolute atomic E-state index is 6.30. The van der Waals surface area contributed by atoms with Crippen molar-refractivity contribution in [1.29, 1.82) is 0 Å². The number of rotatable bonds is 4. The molecule has 1 aliphatic rings. The summed E-state index contributed by atoms with van der Waals surface area (Å²) in [7, 11) is 0. The zero-order chi connectivity index (χ0) is 14.1. The van der Waals surface area contributed by atoms with Gasteiger partial charge in [0.15, 0.2) is 0 Å². The Morgan fingerprint density at radius 1 is 1.50 bits per heavy atom. The molecule has 6 heteroatoms. The lowest BCUT2D eigenvalue weighted by atomic mass is 9.98. The summed E-state index contributed by atoms with van der Waals surface area (Å²) >= 11 is 8.15. The molecule has 1 atom stereocenters. The molecule has 0 saturated heterocycles. The van der Waals surface area contributed by atoms with Crippen molar-refractivity contribution < 1.29 is 0 Å². The van der Waals surface area contributed by atoms with Crippen LogP contribution in [0, 0.1) is 0 Å². The highest BCUT2D eigenvalue weighted by Crippen LogP contribution is 2.36. The predicted molar refractivity (Wildman–Crippen MR) is 83.0 cm³/mol. The summed E-state index contributed by atoms with van der Waals surface area (Å²) in [6.45, 7) is 2.84. The van der Waals surface area contributed by atoms with Crippen molar-refractivity contribution in [1.82, 2.24) is 15.2 Å². The smallest absolute Gasteiger partial charge is 0.0985 e. The number of halogens is 1. The summed E-state index contributed by atoms with van der Waals surface area (Å²) in [6, 6.07) is 2.20. The van der Waals surface area contributed by atoms with E-state index in [0.717, 1.165) is 12.2 Å². The van der Waals surface area contributed by atoms with Crippen LogP contribution in [-0.4, -0.2) is 9.78 Å². The van der Waals surface area contributed by atoms with E-state index in [9.17, 15) is 0 Å². The lowest BCUT2D eigenvalue weighted by molar-refractivity contribution is 0.548. The second-order valence-corrected chi connectivity index (χ2v) is 6.67. The molecule has 0 saturated carbocycles. The number of hydrogen-bond donors (Lipinski definition) is 2. The van der Waals surface area contributed by atoms with Crippen LogP contribution in [0.25, 0.3) is 0 Å². The zero-order valence-corrected chi connectivity index (χ0v) is 13.1. The molecule has 0 fully saturated rings. The van der Waals surface area contributed by atoms with Crippen LogP contribution < -0.4 is 11.3 Å². The first-order chi connectivity index (χ1) is 9.74. The van der Waals surface area contributed by atoms with Gasteiger partial charge in [-0.25, -0.2) is 5.43 Å². The molecule has 4 nitrogen and oxygen atoms in total. The third-order valence-electron chi connectivity index (χ3n) is 3.87. The van der Waals surface area contributed by atoms with Crippen LogP contribution in [0.2, 0.25) is 5.02 Å². The monoisotopic (exact) mass is 310 g/mol. The Labute approximate surface area is 127 Å². The fourth-order valence-electron chi connectivity index (χ4n) is 2.86. The van der Waals surface area contributed by atoms with E-state index in [1.807, 2.05) is 16.0 Å². The minimum absolute atomic E-state index is 0.0828. The van der Waals surface area contributed by atoms with Gasteiger partial charge in [-0.15, -0.1) is 11.3 Å². The fraction of sp³-hybridized carbons (Fsp3) is 0.500. The van der Waals surface area contributed by atoms with Gasteiger partial charge in [0, 0.05) is 16.3 Å². The van der Waals surface area contributed by atoms with E-state index < -0.39 is 0 Å². The van der Waals surface area contributed by atoms with Crippen LogP contribution >= 0.6 is 22.9 Å². The summed E-state index contributed by atoms with van der Waals surface area (Å²) in [4.78, 5) is 2.74. The Hall–Kier alpha value is -0.880. The van der Waals surface area contributed by atoms with E-state index in [0.29, 0.717) is 5.02 Å². The van der Waals surface area contributed by atoms with Gasteiger partial charge in [-0.3, -0.25) is 10.5 Å². The quantitative estimate of drug-likeness (QED) is 0.674. The van der Waals surface area contributed by atoms with Gasteiger partial charge in [-0.1, -0.05) is 11.6 Å². The number of hydrazine groups is 1. The van der Waals surface area contributed by atoms with Gasteiger partial charge in [-0.2, -0.15) is 5.10 Å². The first-order valence-electron chi connectivity index (χ1n) is 7.03. The topological polar surface area (TPSA) is 55.9 Å². The number of thiophene rings is 1. The van der Waals surface area contributed by atoms with Crippen LogP contribution in [0.15, 0.2) is 12.3 Å². The Balaban J connectivity index is 2.01. The van der Waals surface area contributed by atoms with E-state index in [1.54, 1.807) is 6.20 Å². The van der Waals surface area contributed by atoms with Gasteiger partial charge in [0.05, 0.1) is 23.0 Å². The largest absolute Gasteiger partial charge is 0.270 e. The van der Waals surface area contributed by atoms with Gasteiger partial charge in [0.2, 0.25) is 0 Å². The average Bonchev–Trinajstić information content (AvgIpc) is 3.04. The van der Waals surface area contributed by atoms with Crippen molar-refractivity contribution in [2.75, 3.05) is 0 Å². The Morgan fingerprint density at radius 2 is 2.30 bits per heavy atom. The summed E-state index contributed by atoms with van der Waals surface area (Å²) in [5.74, 6) is 5.80. The molecular weight excluding hydrogens is 292 g/mol. The summed E-state index contributed by atoms with van der Waals surface area (Å²) in [5, 5.41) is 4.97. The Morgan fingerprint density at radius 3 is 3.00 bits per heavy atom. The highest BCUT2D eigenvalue weighted by molar-refractivity contribution is 7.12. The molecule has 0 aromatic carbocycles. The van der Waals surface area contributed by atoms with Crippen LogP contribution in [0.3, 0.4) is 0 Å². The predicted octanol–water partition coefficient (Wildman–Crippen LogP) is 3.05. The third-order valence-corrected chi connectivity index (χ3v) is 5.47. The summed E-state index contributed by atoms with van der Waals surface area (Å²) in [6.07, 6.45) is 6.65. The SMILES string of the molecule is CCn1ncc(Cl)c1C(NN)c1cc2c(s1)CCCC2. The van der Waals surface area contributed by atoms with E-state index >= 15 is 0 Å². The molecular formula is C14H19ClN4S. The number of fused-ring (bicyclic) bond motifs is 1. The molecule has 2 aromatic rings. The van der Waals surface area contributed by atoms with Gasteiger partial charge >= 0.3 is 0 Å². The molecule has 0 radical (unpaired) electrons. The molecule has 2 heterocycles. The molecule has 2 aromatic heterocycles. The Bertz CT molecular complexity index is 581. The second-order valence-electron chi connectivity index (χ2n) is 5.10. The molecule has 0 amide bonds. The minimum atomic E-state index is -0.0828. The first kappa shape index (κ1) is 14.1. The lowest BCUT2D eigenvalue weighted by Crippen LogP contribution is -2.30. The maximum Gasteiger partial charge on any atom is 0.0985 e. The molecule has 1 aliphatic carbocycles. The van der Waals surface area contributed by atoms with Gasteiger partial charge in [0.1, 0.15) is 0 Å². The van der Waals surface area contributed by atoms with Crippen molar-refractivity contribution in [2.45, 2.75) is 45.2 Å². The standard InChI is InChI=1S/C14H19ClN4S/c1-2-19-14(10(15)8-17-19)13(18-16)12-7-9-5-3-4-6-11(9)20-12/h7-8,13,18H,2-6,16H2,1H3. The number of nitrogens with zero attached hydrogens (tertiary/aromatic N) is 2. The molecule has 0 spiro atoms. The molecule has 3 N–H and O–H groups in total. The zero-order valence-electron chi connectivity index (χ0n) is 11.5. The minimum Gasteiger partial charge on any atom is -0.270 e. The van der Waals surface area contributed by atoms with Crippen LogP contribution in [0.4, 0.5) is 0 Å². The van der Waals surface area contributed by atoms with E-state index in [1.165, 1.54) is 41.0 Å². The van der Waals surface area contributed by atoms with Crippen LogP contribution in [0.1, 0.15) is 46.8 Å². The first-order valence-corrected chi connectivity index (χ1v) is 8.22. The number of aromatic nitrogens is 2. The van der Waals surface area contributed by atoms with Crippen LogP contribution in [-0.2, 0) is 19.4 Å². The number of aryl methyl sites for hydroxylation is 3. The highest BCUT2D eigenvalue weighted by atomic mass is 35.5. The number of nitrogens with two attached hydrogens (primary N) is 1. The summed E-state index contributed by atoms with van der Waals surface area (Å²) < 4.78 is 1.91. The summed E-state index contributed by atoms with van der Waals surface area (Å²) in [5.41, 5.74) is 5.35. The Kier molecular flexibility index (Phi) is 4.12. The van der Waals surface area contributed by atoms with Crippen molar-refractivity contribution in [2.24, 2.45) is 5.84 Å². The fourth-order valence-corrected chi connectivity index (χ4v) is 4.43. The van der Waals surface area contributed by atoms with Gasteiger partial charge in [0.25, 0.3) is 0 Å². The van der Waals surface area contributed by atoms with Crippen molar-refractivity contribution in [3.63, 3.8) is 0 Å². The van der Waals surface area contributed by atoms with Crippen LogP contribution in [0.5, 0.6) is 0 Å². The molecule has 3 rings (SSSR count). The van der Waals surface area contributed by atoms with Crippen molar-refractivity contribution in [3.8, 4) is 0 Å². The third kappa shape index (κ3) is 2.39. The highest BCUT2D eigenvalue weighted by Gasteiger charge is 2.24. The molecule has 20 heavy (non-hydrogen) atoms. The molecule has 1 unspecified atom stereocenters. The lowest BCUT2D eigenvalue weighted by Gasteiger charge is -2.16. The van der Waals surface area contributed by atoms with E-state index in [-0.39, 0.29) is 6.04 Å². The molecule has 0 bridgehead atoms. The van der Waals surface area contributed by atoms with E-state index in [2.05, 4.69) is 23.5 Å². The average molecular weight is 311 g/mol. The number of nitrogens with one attached hydrogen (secondary N) is 1. The molecule has 108 valence electrons. The number of hydrogen-bond acceptors (Lipinski definition) is 4.